The minimum absolute atomic E-state index is 0.00849. The van der Waals surface area contributed by atoms with Crippen LogP contribution in [0.15, 0.2) is 48.5 Å². The van der Waals surface area contributed by atoms with Gasteiger partial charge in [-0.05, 0) is 48.5 Å². The zero-order chi connectivity index (χ0) is 22.5. The van der Waals surface area contributed by atoms with Gasteiger partial charge >= 0.3 is 0 Å². The molecule has 2 rings (SSSR count). The number of hydrogen-bond acceptors (Lipinski definition) is 5. The minimum atomic E-state index is -0.411. The van der Waals surface area contributed by atoms with E-state index in [1.807, 2.05) is 6.07 Å². The first-order valence-corrected chi connectivity index (χ1v) is 10.7. The van der Waals surface area contributed by atoms with Crippen LogP contribution in [0.3, 0.4) is 0 Å². The van der Waals surface area contributed by atoms with Crippen molar-refractivity contribution in [3.05, 3.63) is 59.7 Å². The number of thiocarbonyl (C=S) groups is 1. The molecule has 0 aromatic heterocycles. The zero-order valence-corrected chi connectivity index (χ0v) is 18.7. The highest BCUT2D eigenvalue weighted by atomic mass is 32.1. The SMILES string of the molecule is CCCCCCOc1ccccc1C(=O)NC(=S)NNC(=O)Cc1ccc(OC)cc1. The molecule has 0 radical (unpaired) electrons. The fraction of sp³-hybridized carbons (Fsp3) is 0.348. The van der Waals surface area contributed by atoms with E-state index < -0.39 is 5.91 Å². The van der Waals surface area contributed by atoms with Crippen LogP contribution in [0.5, 0.6) is 11.5 Å². The molecular formula is C23H29N3O4S. The van der Waals surface area contributed by atoms with Crippen LogP contribution in [-0.2, 0) is 11.2 Å². The van der Waals surface area contributed by atoms with Crippen molar-refractivity contribution in [1.82, 2.24) is 16.2 Å². The van der Waals surface area contributed by atoms with E-state index in [1.54, 1.807) is 49.6 Å². The minimum Gasteiger partial charge on any atom is -0.497 e. The van der Waals surface area contributed by atoms with Gasteiger partial charge in [-0.15, -0.1) is 0 Å². The molecule has 0 heterocycles. The van der Waals surface area contributed by atoms with Crippen LogP contribution in [0.2, 0.25) is 0 Å². The molecule has 0 aliphatic heterocycles. The van der Waals surface area contributed by atoms with Gasteiger partial charge in [0.25, 0.3) is 5.91 Å². The lowest BCUT2D eigenvalue weighted by molar-refractivity contribution is -0.121. The maximum Gasteiger partial charge on any atom is 0.261 e. The second kappa shape index (κ2) is 13.2. The molecule has 166 valence electrons. The fourth-order valence-electron chi connectivity index (χ4n) is 2.79. The molecule has 0 atom stereocenters. The van der Waals surface area contributed by atoms with Crippen molar-refractivity contribution in [2.24, 2.45) is 0 Å². The van der Waals surface area contributed by atoms with Gasteiger partial charge in [-0.3, -0.25) is 25.8 Å². The van der Waals surface area contributed by atoms with Gasteiger partial charge in [0.15, 0.2) is 5.11 Å². The first-order chi connectivity index (χ1) is 15.0. The van der Waals surface area contributed by atoms with E-state index in [-0.39, 0.29) is 17.4 Å². The predicted octanol–water partition coefficient (Wildman–Crippen LogP) is 3.53. The molecule has 31 heavy (non-hydrogen) atoms. The number of amides is 2. The summed E-state index contributed by atoms with van der Waals surface area (Å²) in [6, 6.07) is 14.2. The van der Waals surface area contributed by atoms with E-state index in [4.69, 9.17) is 21.7 Å². The number of para-hydroxylation sites is 1. The first-order valence-electron chi connectivity index (χ1n) is 10.3. The largest absolute Gasteiger partial charge is 0.497 e. The third-order valence-electron chi connectivity index (χ3n) is 4.45. The van der Waals surface area contributed by atoms with Gasteiger partial charge in [0, 0.05) is 0 Å². The van der Waals surface area contributed by atoms with Gasteiger partial charge < -0.3 is 9.47 Å². The number of hydrogen-bond donors (Lipinski definition) is 3. The smallest absolute Gasteiger partial charge is 0.261 e. The lowest BCUT2D eigenvalue weighted by Crippen LogP contribution is -2.48. The van der Waals surface area contributed by atoms with Gasteiger partial charge in [0.05, 0.1) is 25.7 Å². The number of unbranched alkanes of at least 4 members (excludes halogenated alkanes) is 3. The number of hydrazine groups is 1. The highest BCUT2D eigenvalue weighted by Gasteiger charge is 2.14. The van der Waals surface area contributed by atoms with Crippen molar-refractivity contribution in [2.45, 2.75) is 39.0 Å². The Balaban J connectivity index is 1.79. The van der Waals surface area contributed by atoms with E-state index >= 15 is 0 Å². The molecule has 2 amide bonds. The Morgan fingerprint density at radius 1 is 0.968 bits per heavy atom. The summed E-state index contributed by atoms with van der Waals surface area (Å²) in [6.45, 7) is 2.70. The fourth-order valence-corrected chi connectivity index (χ4v) is 2.94. The summed E-state index contributed by atoms with van der Waals surface area (Å²) in [7, 11) is 1.58. The van der Waals surface area contributed by atoms with Gasteiger partial charge in [0.2, 0.25) is 5.91 Å². The third kappa shape index (κ3) is 8.64. The van der Waals surface area contributed by atoms with Crippen LogP contribution in [0.1, 0.15) is 48.5 Å². The Kier molecular flexibility index (Phi) is 10.3. The molecule has 0 saturated carbocycles. The highest BCUT2D eigenvalue weighted by Crippen LogP contribution is 2.18. The lowest BCUT2D eigenvalue weighted by Gasteiger charge is -2.13. The van der Waals surface area contributed by atoms with Crippen LogP contribution in [0.4, 0.5) is 0 Å². The van der Waals surface area contributed by atoms with Gasteiger partial charge in [-0.1, -0.05) is 50.5 Å². The van der Waals surface area contributed by atoms with Crippen LogP contribution in [0.25, 0.3) is 0 Å². The van der Waals surface area contributed by atoms with Gasteiger partial charge in [-0.25, -0.2) is 0 Å². The van der Waals surface area contributed by atoms with Crippen molar-refractivity contribution in [3.8, 4) is 11.5 Å². The monoisotopic (exact) mass is 443 g/mol. The normalized spacial score (nSPS) is 10.1. The molecule has 7 nitrogen and oxygen atoms in total. The number of nitrogens with one attached hydrogen (secondary N) is 3. The van der Waals surface area contributed by atoms with E-state index in [0.29, 0.717) is 17.9 Å². The van der Waals surface area contributed by atoms with Gasteiger partial charge in [0.1, 0.15) is 11.5 Å². The summed E-state index contributed by atoms with van der Waals surface area (Å²) in [5.41, 5.74) is 6.22. The molecule has 8 heteroatoms. The quantitative estimate of drug-likeness (QED) is 0.296. The summed E-state index contributed by atoms with van der Waals surface area (Å²) in [4.78, 5) is 24.6. The lowest BCUT2D eigenvalue weighted by atomic mass is 10.1. The van der Waals surface area contributed by atoms with Crippen LogP contribution >= 0.6 is 12.2 Å². The standard InChI is InChI=1S/C23H29N3O4S/c1-3-4-5-8-15-30-20-10-7-6-9-19(20)22(28)24-23(31)26-25-21(27)16-17-11-13-18(29-2)14-12-17/h6-7,9-14H,3-5,8,15-16H2,1-2H3,(H,25,27)(H2,24,26,28,31). The first kappa shape index (κ1) is 24.1. The summed E-state index contributed by atoms with van der Waals surface area (Å²) in [6.07, 6.45) is 4.50. The van der Waals surface area contributed by atoms with Crippen molar-refractivity contribution in [3.63, 3.8) is 0 Å². The molecule has 3 N–H and O–H groups in total. The van der Waals surface area contributed by atoms with Crippen molar-refractivity contribution in [2.75, 3.05) is 13.7 Å². The summed E-state index contributed by atoms with van der Waals surface area (Å²) < 4.78 is 10.9. The molecule has 0 aliphatic rings. The molecule has 0 saturated heterocycles. The number of ether oxygens (including phenoxy) is 2. The van der Waals surface area contributed by atoms with Crippen LogP contribution in [-0.4, -0.2) is 30.6 Å². The second-order valence-corrected chi connectivity index (χ2v) is 7.29. The molecular weight excluding hydrogens is 414 g/mol. The Morgan fingerprint density at radius 2 is 1.71 bits per heavy atom. The number of carbonyl (C=O) groups is 2. The Bertz CT molecular complexity index is 871. The Labute approximate surface area is 188 Å². The molecule has 0 fully saturated rings. The van der Waals surface area contributed by atoms with Crippen LogP contribution < -0.4 is 25.6 Å². The zero-order valence-electron chi connectivity index (χ0n) is 17.9. The average Bonchev–Trinajstić information content (AvgIpc) is 2.78. The molecule has 0 aliphatic carbocycles. The summed E-state index contributed by atoms with van der Waals surface area (Å²) >= 11 is 5.11. The molecule has 0 bridgehead atoms. The maximum atomic E-state index is 12.6. The molecule has 2 aromatic carbocycles. The third-order valence-corrected chi connectivity index (χ3v) is 4.66. The van der Waals surface area contributed by atoms with E-state index in [2.05, 4.69) is 23.1 Å². The average molecular weight is 444 g/mol. The number of methoxy groups -OCH3 is 1. The predicted molar refractivity (Wildman–Crippen MR) is 124 cm³/mol. The summed E-state index contributed by atoms with van der Waals surface area (Å²) in [5.74, 6) is 0.517. The molecule has 0 spiro atoms. The van der Waals surface area contributed by atoms with Gasteiger partial charge in [-0.2, -0.15) is 0 Å². The summed E-state index contributed by atoms with van der Waals surface area (Å²) in [5, 5.41) is 2.54. The number of rotatable bonds is 10. The van der Waals surface area contributed by atoms with E-state index in [0.717, 1.165) is 37.0 Å². The van der Waals surface area contributed by atoms with E-state index in [9.17, 15) is 9.59 Å². The maximum absolute atomic E-state index is 12.6. The van der Waals surface area contributed by atoms with Crippen LogP contribution in [0, 0.1) is 0 Å². The van der Waals surface area contributed by atoms with Crippen molar-refractivity contribution < 1.29 is 19.1 Å². The number of benzene rings is 2. The van der Waals surface area contributed by atoms with Crippen molar-refractivity contribution in [1.29, 1.82) is 0 Å². The Hall–Kier alpha value is -3.13. The topological polar surface area (TPSA) is 88.7 Å². The second-order valence-electron chi connectivity index (χ2n) is 6.89. The number of carbonyl (C=O) groups excluding carboxylic acids is 2. The molecule has 2 aromatic rings. The van der Waals surface area contributed by atoms with Crippen molar-refractivity contribution >= 4 is 29.1 Å². The highest BCUT2D eigenvalue weighted by molar-refractivity contribution is 7.80. The Morgan fingerprint density at radius 3 is 2.42 bits per heavy atom. The van der Waals surface area contributed by atoms with E-state index in [1.165, 1.54) is 0 Å². The molecule has 0 unspecified atom stereocenters.